The van der Waals surface area contributed by atoms with E-state index in [4.69, 9.17) is 15.7 Å². The van der Waals surface area contributed by atoms with Crippen molar-refractivity contribution in [1.82, 2.24) is 4.98 Å². The number of nitrogens with zero attached hydrogens (tertiary/aromatic N) is 2. The van der Waals surface area contributed by atoms with E-state index < -0.39 is 0 Å². The number of halogens is 1. The number of pyridine rings is 1. The molecule has 2 aromatic rings. The Morgan fingerprint density at radius 1 is 1.42 bits per heavy atom. The first-order chi connectivity index (χ1) is 9.15. The van der Waals surface area contributed by atoms with Gasteiger partial charge in [0, 0.05) is 16.7 Å². The highest BCUT2D eigenvalue weighted by atomic mass is 79.9. The first-order valence-electron chi connectivity index (χ1n) is 5.41. The summed E-state index contributed by atoms with van der Waals surface area (Å²) >= 11 is 3.43. The fourth-order valence-electron chi connectivity index (χ4n) is 1.53. The first-order valence-corrected chi connectivity index (χ1v) is 6.20. The Bertz CT molecular complexity index is 652. The molecule has 0 unspecified atom stereocenters. The molecule has 0 aliphatic rings. The van der Waals surface area contributed by atoms with Gasteiger partial charge in [-0.15, -0.1) is 0 Å². The van der Waals surface area contributed by atoms with Crippen LogP contribution in [0.15, 0.2) is 34.9 Å². The molecule has 0 bridgehead atoms. The van der Waals surface area contributed by atoms with Gasteiger partial charge in [-0.1, -0.05) is 0 Å². The van der Waals surface area contributed by atoms with E-state index in [1.54, 1.807) is 13.2 Å². The van der Waals surface area contributed by atoms with Crippen LogP contribution in [0, 0.1) is 11.3 Å². The van der Waals surface area contributed by atoms with Crippen LogP contribution < -0.4 is 15.8 Å². The van der Waals surface area contributed by atoms with E-state index in [2.05, 4.69) is 26.2 Å². The highest BCUT2D eigenvalue weighted by Crippen LogP contribution is 2.31. The second-order valence-corrected chi connectivity index (χ2v) is 4.56. The van der Waals surface area contributed by atoms with Crippen LogP contribution in [0.3, 0.4) is 0 Å². The highest BCUT2D eigenvalue weighted by Gasteiger charge is 2.08. The number of nitrogens with one attached hydrogen (secondary N) is 1. The van der Waals surface area contributed by atoms with Gasteiger partial charge in [-0.3, -0.25) is 0 Å². The summed E-state index contributed by atoms with van der Waals surface area (Å²) in [6.45, 7) is 0. The lowest BCUT2D eigenvalue weighted by Gasteiger charge is -2.11. The highest BCUT2D eigenvalue weighted by molar-refractivity contribution is 9.10. The zero-order chi connectivity index (χ0) is 13.8. The van der Waals surface area contributed by atoms with Crippen molar-refractivity contribution < 1.29 is 4.74 Å². The van der Waals surface area contributed by atoms with Crippen LogP contribution in [0.25, 0.3) is 0 Å². The molecule has 0 saturated carbocycles. The van der Waals surface area contributed by atoms with Gasteiger partial charge in [0.2, 0.25) is 0 Å². The summed E-state index contributed by atoms with van der Waals surface area (Å²) in [5.74, 6) is 1.15. The SMILES string of the molecule is COc1ccc(Br)c(Nc2nccc(C#N)c2N)c1. The maximum absolute atomic E-state index is 8.93. The molecule has 0 amide bonds. The van der Waals surface area contributed by atoms with Gasteiger partial charge >= 0.3 is 0 Å². The smallest absolute Gasteiger partial charge is 0.154 e. The third kappa shape index (κ3) is 2.77. The van der Waals surface area contributed by atoms with Gasteiger partial charge in [0.25, 0.3) is 0 Å². The largest absolute Gasteiger partial charge is 0.497 e. The average molecular weight is 319 g/mol. The molecule has 1 aromatic carbocycles. The molecule has 1 heterocycles. The number of ether oxygens (including phenoxy) is 1. The Kier molecular flexibility index (Phi) is 3.88. The molecule has 19 heavy (non-hydrogen) atoms. The number of methoxy groups -OCH3 is 1. The van der Waals surface area contributed by atoms with Gasteiger partial charge in [-0.05, 0) is 34.1 Å². The Morgan fingerprint density at radius 3 is 2.89 bits per heavy atom. The maximum atomic E-state index is 8.93. The number of benzene rings is 1. The Labute approximate surface area is 119 Å². The zero-order valence-corrected chi connectivity index (χ0v) is 11.7. The van der Waals surface area contributed by atoms with Crippen molar-refractivity contribution >= 4 is 33.1 Å². The second-order valence-electron chi connectivity index (χ2n) is 3.70. The minimum absolute atomic E-state index is 0.319. The van der Waals surface area contributed by atoms with Gasteiger partial charge in [0.1, 0.15) is 11.8 Å². The molecule has 1 aromatic heterocycles. The zero-order valence-electron chi connectivity index (χ0n) is 10.1. The summed E-state index contributed by atoms with van der Waals surface area (Å²) in [4.78, 5) is 4.13. The Morgan fingerprint density at radius 2 is 2.21 bits per heavy atom. The summed E-state index contributed by atoms with van der Waals surface area (Å²) in [7, 11) is 1.59. The summed E-state index contributed by atoms with van der Waals surface area (Å²) < 4.78 is 6.00. The molecule has 0 aliphatic carbocycles. The fraction of sp³-hybridized carbons (Fsp3) is 0.0769. The van der Waals surface area contributed by atoms with Crippen molar-refractivity contribution in [2.24, 2.45) is 0 Å². The van der Waals surface area contributed by atoms with Gasteiger partial charge in [0.05, 0.1) is 24.0 Å². The lowest BCUT2D eigenvalue weighted by Crippen LogP contribution is -2.02. The van der Waals surface area contributed by atoms with E-state index in [1.807, 2.05) is 24.3 Å². The number of nitriles is 1. The topological polar surface area (TPSA) is 84.0 Å². The van der Waals surface area contributed by atoms with E-state index in [0.29, 0.717) is 22.8 Å². The van der Waals surface area contributed by atoms with Crippen LogP contribution in [0.4, 0.5) is 17.2 Å². The molecule has 5 nitrogen and oxygen atoms in total. The van der Waals surface area contributed by atoms with Crippen LogP contribution in [-0.2, 0) is 0 Å². The van der Waals surface area contributed by atoms with Crippen molar-refractivity contribution in [3.63, 3.8) is 0 Å². The number of aromatic nitrogens is 1. The average Bonchev–Trinajstić information content (AvgIpc) is 2.43. The van der Waals surface area contributed by atoms with Crippen molar-refractivity contribution in [2.45, 2.75) is 0 Å². The van der Waals surface area contributed by atoms with E-state index in [1.165, 1.54) is 6.20 Å². The predicted octanol–water partition coefficient (Wildman–Crippen LogP) is 3.05. The predicted molar refractivity (Wildman–Crippen MR) is 77.3 cm³/mol. The van der Waals surface area contributed by atoms with Crippen molar-refractivity contribution in [3.05, 3.63) is 40.5 Å². The maximum Gasteiger partial charge on any atom is 0.154 e. The van der Waals surface area contributed by atoms with Gasteiger partial charge in [-0.25, -0.2) is 4.98 Å². The molecule has 0 atom stereocenters. The van der Waals surface area contributed by atoms with Crippen molar-refractivity contribution in [2.75, 3.05) is 18.2 Å². The van der Waals surface area contributed by atoms with Gasteiger partial charge in [0.15, 0.2) is 5.82 Å². The number of nitrogen functional groups attached to an aromatic ring is 1. The van der Waals surface area contributed by atoms with Crippen LogP contribution in [0.5, 0.6) is 5.75 Å². The van der Waals surface area contributed by atoms with Gasteiger partial charge in [-0.2, -0.15) is 5.26 Å². The Balaban J connectivity index is 2.39. The lowest BCUT2D eigenvalue weighted by atomic mass is 10.2. The molecular weight excluding hydrogens is 308 g/mol. The first kappa shape index (κ1) is 13.2. The molecule has 96 valence electrons. The van der Waals surface area contributed by atoms with Gasteiger partial charge < -0.3 is 15.8 Å². The van der Waals surface area contributed by atoms with Crippen LogP contribution in [0.1, 0.15) is 5.56 Å². The molecule has 0 fully saturated rings. The van der Waals surface area contributed by atoms with E-state index in [9.17, 15) is 0 Å². The molecule has 0 radical (unpaired) electrons. The summed E-state index contributed by atoms with van der Waals surface area (Å²) in [6.07, 6.45) is 1.53. The van der Waals surface area contributed by atoms with Crippen molar-refractivity contribution in [1.29, 1.82) is 5.26 Å². The summed E-state index contributed by atoms with van der Waals surface area (Å²) in [5, 5.41) is 12.0. The molecule has 0 saturated heterocycles. The normalized spacial score (nSPS) is 9.74. The number of hydrogen-bond acceptors (Lipinski definition) is 5. The number of rotatable bonds is 3. The minimum atomic E-state index is 0.319. The minimum Gasteiger partial charge on any atom is -0.497 e. The van der Waals surface area contributed by atoms with Crippen LogP contribution in [-0.4, -0.2) is 12.1 Å². The fourth-order valence-corrected chi connectivity index (χ4v) is 1.87. The van der Waals surface area contributed by atoms with Crippen LogP contribution >= 0.6 is 15.9 Å². The number of anilines is 3. The Hall–Kier alpha value is -2.26. The van der Waals surface area contributed by atoms with E-state index in [0.717, 1.165) is 10.2 Å². The number of nitrogens with two attached hydrogens (primary N) is 1. The molecule has 0 spiro atoms. The van der Waals surface area contributed by atoms with Crippen molar-refractivity contribution in [3.8, 4) is 11.8 Å². The molecular formula is C13H11BrN4O. The molecule has 6 heteroatoms. The number of hydrogen-bond donors (Lipinski definition) is 2. The summed E-state index contributed by atoms with van der Waals surface area (Å²) in [5.41, 5.74) is 7.33. The van der Waals surface area contributed by atoms with Crippen LogP contribution in [0.2, 0.25) is 0 Å². The lowest BCUT2D eigenvalue weighted by molar-refractivity contribution is 0.415. The van der Waals surface area contributed by atoms with E-state index in [-0.39, 0.29) is 0 Å². The quantitative estimate of drug-likeness (QED) is 0.908. The molecule has 2 rings (SSSR count). The monoisotopic (exact) mass is 318 g/mol. The van der Waals surface area contributed by atoms with E-state index >= 15 is 0 Å². The summed E-state index contributed by atoms with van der Waals surface area (Å²) in [6, 6.07) is 9.08. The second kappa shape index (κ2) is 5.59. The third-order valence-electron chi connectivity index (χ3n) is 2.54. The molecule has 3 N–H and O–H groups in total. The molecule has 0 aliphatic heterocycles. The third-order valence-corrected chi connectivity index (χ3v) is 3.23. The standard InChI is InChI=1S/C13H11BrN4O/c1-19-9-2-3-10(14)11(6-9)18-13-12(16)8(7-15)4-5-17-13/h2-6H,16H2,1H3,(H,17,18).